The molecule has 2 aromatic carbocycles. The van der Waals surface area contributed by atoms with Crippen LogP contribution in [0.5, 0.6) is 0 Å². The summed E-state index contributed by atoms with van der Waals surface area (Å²) in [5.74, 6) is -1.02. The largest absolute Gasteiger partial charge is 0.416 e. The number of alkyl halides is 4. The molecule has 2 aromatic rings. The maximum atomic E-state index is 14.2. The molecule has 1 atom stereocenters. The van der Waals surface area contributed by atoms with Gasteiger partial charge in [-0.15, -0.1) is 0 Å². The zero-order valence-corrected chi connectivity index (χ0v) is 21.8. The normalized spacial score (nSPS) is 21.1. The summed E-state index contributed by atoms with van der Waals surface area (Å²) in [6.45, 7) is 2.55. The van der Waals surface area contributed by atoms with Gasteiger partial charge in [-0.25, -0.2) is 4.39 Å². The van der Waals surface area contributed by atoms with Gasteiger partial charge in [0.05, 0.1) is 5.56 Å². The standard InChI is InChI=1S/C28H25Cl2F4N3O/c29-21-5-6-24-22(16-21)27(17-37(24)26(38)19-7-10-35-25(30)14-19)8-12-36(13-9-27)11-1-2-18-3-4-20(15-23(18)31)28(32,33)34/h1-7,10,14-16,25,35H,8-9,11-13,17H2/b2-1+. The fraction of sp³-hybridized carbons (Fsp3) is 0.321. The molecule has 0 aromatic heterocycles. The number of nitrogens with zero attached hydrogens (tertiary/aromatic N) is 2. The highest BCUT2D eigenvalue weighted by Gasteiger charge is 2.46. The van der Waals surface area contributed by atoms with E-state index in [2.05, 4.69) is 10.2 Å². The number of piperidine rings is 1. The Morgan fingerprint density at radius 1 is 1.16 bits per heavy atom. The maximum absolute atomic E-state index is 14.2. The highest BCUT2D eigenvalue weighted by atomic mass is 35.5. The minimum absolute atomic E-state index is 0.112. The highest BCUT2D eigenvalue weighted by Crippen LogP contribution is 2.48. The van der Waals surface area contributed by atoms with Crippen LogP contribution < -0.4 is 10.2 Å². The smallest absolute Gasteiger partial charge is 0.372 e. The molecule has 0 bridgehead atoms. The van der Waals surface area contributed by atoms with E-state index < -0.39 is 23.1 Å². The molecule has 1 fully saturated rings. The molecule has 1 spiro atoms. The van der Waals surface area contributed by atoms with E-state index in [1.54, 1.807) is 35.4 Å². The third-order valence-electron chi connectivity index (χ3n) is 7.42. The summed E-state index contributed by atoms with van der Waals surface area (Å²) < 4.78 is 52.5. The number of anilines is 1. The molecule has 1 amide bonds. The number of carbonyl (C=O) groups is 1. The van der Waals surface area contributed by atoms with E-state index in [4.69, 9.17) is 23.2 Å². The molecular weight excluding hydrogens is 541 g/mol. The third-order valence-corrected chi connectivity index (χ3v) is 7.91. The molecule has 1 N–H and O–H groups in total. The summed E-state index contributed by atoms with van der Waals surface area (Å²) in [6.07, 6.45) is 5.36. The van der Waals surface area contributed by atoms with Crippen LogP contribution in [0.25, 0.3) is 6.08 Å². The molecule has 10 heteroatoms. The Kier molecular flexibility index (Phi) is 7.33. The number of amides is 1. The minimum Gasteiger partial charge on any atom is -0.372 e. The second-order valence-electron chi connectivity index (χ2n) is 9.79. The minimum atomic E-state index is -4.58. The van der Waals surface area contributed by atoms with Crippen molar-refractivity contribution >= 4 is 40.9 Å². The van der Waals surface area contributed by atoms with Crippen LogP contribution in [0.4, 0.5) is 23.2 Å². The van der Waals surface area contributed by atoms with Crippen LogP contribution >= 0.6 is 23.2 Å². The number of hydrogen-bond donors (Lipinski definition) is 1. The number of hydrogen-bond acceptors (Lipinski definition) is 3. The average Bonchev–Trinajstić information content (AvgIpc) is 3.18. The molecule has 1 unspecified atom stereocenters. The van der Waals surface area contributed by atoms with Gasteiger partial charge >= 0.3 is 6.18 Å². The lowest BCUT2D eigenvalue weighted by Crippen LogP contribution is -2.46. The van der Waals surface area contributed by atoms with Crippen molar-refractivity contribution in [1.82, 2.24) is 10.2 Å². The molecule has 38 heavy (non-hydrogen) atoms. The number of benzene rings is 2. The number of rotatable bonds is 4. The predicted octanol–water partition coefficient (Wildman–Crippen LogP) is 6.50. The zero-order chi connectivity index (χ0) is 27.1. The van der Waals surface area contributed by atoms with Crippen LogP contribution in [-0.2, 0) is 16.4 Å². The maximum Gasteiger partial charge on any atom is 0.416 e. The van der Waals surface area contributed by atoms with Crippen molar-refractivity contribution in [2.75, 3.05) is 31.1 Å². The Bertz CT molecular complexity index is 1330. The lowest BCUT2D eigenvalue weighted by atomic mass is 9.74. The van der Waals surface area contributed by atoms with Gasteiger partial charge in [0, 0.05) is 40.4 Å². The average molecular weight is 566 g/mol. The van der Waals surface area contributed by atoms with Crippen LogP contribution in [0.1, 0.15) is 29.5 Å². The molecule has 200 valence electrons. The first-order valence-corrected chi connectivity index (χ1v) is 13.0. The summed E-state index contributed by atoms with van der Waals surface area (Å²) in [7, 11) is 0. The van der Waals surface area contributed by atoms with Gasteiger partial charge in [0.15, 0.2) is 0 Å². The Labute approximate surface area is 228 Å². The Morgan fingerprint density at radius 3 is 2.61 bits per heavy atom. The molecule has 3 aliphatic rings. The van der Waals surface area contributed by atoms with E-state index in [0.717, 1.165) is 49.3 Å². The first-order chi connectivity index (χ1) is 18.1. The van der Waals surface area contributed by atoms with E-state index in [0.29, 0.717) is 29.8 Å². The number of carbonyl (C=O) groups excluding carboxylic acids is 1. The van der Waals surface area contributed by atoms with E-state index in [-0.39, 0.29) is 16.9 Å². The Morgan fingerprint density at radius 2 is 1.92 bits per heavy atom. The first kappa shape index (κ1) is 26.8. The molecular formula is C28H25Cl2F4N3O. The number of halogens is 6. The van der Waals surface area contributed by atoms with Gasteiger partial charge in [0.1, 0.15) is 11.3 Å². The van der Waals surface area contributed by atoms with Crippen molar-refractivity contribution in [3.8, 4) is 0 Å². The van der Waals surface area contributed by atoms with Gasteiger partial charge in [-0.1, -0.05) is 41.4 Å². The zero-order valence-electron chi connectivity index (χ0n) is 20.2. The van der Waals surface area contributed by atoms with Crippen LogP contribution in [0.2, 0.25) is 5.02 Å². The van der Waals surface area contributed by atoms with Gasteiger partial charge in [0.2, 0.25) is 0 Å². The van der Waals surface area contributed by atoms with E-state index in [1.165, 1.54) is 6.08 Å². The van der Waals surface area contributed by atoms with Crippen molar-refractivity contribution in [2.45, 2.75) is 29.9 Å². The second-order valence-corrected chi connectivity index (χ2v) is 10.7. The molecule has 1 saturated heterocycles. The molecule has 3 aliphatic heterocycles. The molecule has 0 radical (unpaired) electrons. The number of dihydropyridines is 1. The first-order valence-electron chi connectivity index (χ1n) is 12.2. The van der Waals surface area contributed by atoms with Gasteiger partial charge in [0.25, 0.3) is 5.91 Å². The summed E-state index contributed by atoms with van der Waals surface area (Å²) in [5.41, 5.74) is 0.846. The number of likely N-dealkylation sites (tertiary alicyclic amines) is 1. The Balaban J connectivity index is 1.27. The molecule has 0 aliphatic carbocycles. The van der Waals surface area contributed by atoms with Gasteiger partial charge in [-0.3, -0.25) is 9.69 Å². The topological polar surface area (TPSA) is 35.6 Å². The number of fused-ring (bicyclic) bond motifs is 2. The van der Waals surface area contributed by atoms with E-state index in [1.807, 2.05) is 12.1 Å². The Hall–Kier alpha value is -2.81. The quantitative estimate of drug-likeness (QED) is 0.261. The van der Waals surface area contributed by atoms with Crippen LogP contribution in [0, 0.1) is 5.82 Å². The van der Waals surface area contributed by atoms with Crippen LogP contribution in [-0.4, -0.2) is 42.5 Å². The van der Waals surface area contributed by atoms with Gasteiger partial charge in [-0.2, -0.15) is 13.2 Å². The van der Waals surface area contributed by atoms with Gasteiger partial charge in [-0.05, 0) is 80.2 Å². The van der Waals surface area contributed by atoms with Crippen LogP contribution in [0.3, 0.4) is 0 Å². The summed E-state index contributed by atoms with van der Waals surface area (Å²) in [5, 5.41) is 3.54. The molecule has 0 saturated carbocycles. The van der Waals surface area contributed by atoms with Crippen molar-refractivity contribution in [3.05, 3.63) is 93.9 Å². The third kappa shape index (κ3) is 5.35. The number of nitrogens with one attached hydrogen (secondary N) is 1. The van der Waals surface area contributed by atoms with Crippen molar-refractivity contribution in [2.24, 2.45) is 0 Å². The van der Waals surface area contributed by atoms with Crippen molar-refractivity contribution < 1.29 is 22.4 Å². The lowest BCUT2D eigenvalue weighted by Gasteiger charge is -2.39. The summed E-state index contributed by atoms with van der Waals surface area (Å²) in [6, 6.07) is 8.17. The van der Waals surface area contributed by atoms with Crippen LogP contribution in [0.15, 0.2) is 66.4 Å². The highest BCUT2D eigenvalue weighted by molar-refractivity contribution is 6.30. The lowest BCUT2D eigenvalue weighted by molar-refractivity contribution is -0.137. The molecule has 3 heterocycles. The second kappa shape index (κ2) is 10.4. The predicted molar refractivity (Wildman–Crippen MR) is 142 cm³/mol. The van der Waals surface area contributed by atoms with Gasteiger partial charge < -0.3 is 10.2 Å². The fourth-order valence-corrected chi connectivity index (χ4v) is 5.75. The monoisotopic (exact) mass is 565 g/mol. The molecule has 4 nitrogen and oxygen atoms in total. The summed E-state index contributed by atoms with van der Waals surface area (Å²) >= 11 is 12.5. The van der Waals surface area contributed by atoms with Crippen molar-refractivity contribution in [3.63, 3.8) is 0 Å². The van der Waals surface area contributed by atoms with E-state index >= 15 is 0 Å². The summed E-state index contributed by atoms with van der Waals surface area (Å²) in [4.78, 5) is 17.4. The fourth-order valence-electron chi connectivity index (χ4n) is 5.37. The SMILES string of the molecule is O=C(C1=CC(Cl)NC=C1)N1CC2(CCN(C/C=C/c3ccc(C(F)(F)F)cc3F)CC2)c2cc(Cl)ccc21. The van der Waals surface area contributed by atoms with E-state index in [9.17, 15) is 22.4 Å². The molecule has 5 rings (SSSR count). The van der Waals surface area contributed by atoms with Crippen molar-refractivity contribution in [1.29, 1.82) is 0 Å².